The molecule has 0 heterocycles. The molecule has 0 aromatic carbocycles. The second-order valence-corrected chi connectivity index (χ2v) is 19.7. The zero-order valence-electron chi connectivity index (χ0n) is 44.1. The first kappa shape index (κ1) is 63.8. The molecule has 1 amide bonds. The van der Waals surface area contributed by atoms with E-state index in [1.807, 2.05) is 0 Å². The van der Waals surface area contributed by atoms with Gasteiger partial charge in [0.1, 0.15) is 6.10 Å². The van der Waals surface area contributed by atoms with Crippen molar-refractivity contribution in [3.8, 4) is 0 Å². The summed E-state index contributed by atoms with van der Waals surface area (Å²) in [6.45, 7) is 6.48. The maximum Gasteiger partial charge on any atom is 0.306 e. The number of unbranched alkanes of at least 4 members (excludes halogenated alkanes) is 34. The normalized spacial score (nSPS) is 13.5. The van der Waals surface area contributed by atoms with Crippen molar-refractivity contribution in [2.75, 3.05) is 6.61 Å². The van der Waals surface area contributed by atoms with E-state index in [9.17, 15) is 19.8 Å². The molecule has 3 unspecified atom stereocenters. The summed E-state index contributed by atoms with van der Waals surface area (Å²) < 4.78 is 5.94. The largest absolute Gasteiger partial charge is 0.462 e. The molecule has 0 fully saturated rings. The van der Waals surface area contributed by atoms with Crippen LogP contribution in [0.5, 0.6) is 0 Å². The molecule has 386 valence electrons. The molecular formula is C60H111NO5. The zero-order valence-corrected chi connectivity index (χ0v) is 44.1. The second-order valence-electron chi connectivity index (χ2n) is 19.7. The molecular weight excluding hydrogens is 815 g/mol. The lowest BCUT2D eigenvalue weighted by Crippen LogP contribution is -2.46. The monoisotopic (exact) mass is 926 g/mol. The quantitative estimate of drug-likeness (QED) is 0.0244. The highest BCUT2D eigenvalue weighted by molar-refractivity contribution is 5.77. The smallest absolute Gasteiger partial charge is 0.306 e. The topological polar surface area (TPSA) is 95.9 Å². The van der Waals surface area contributed by atoms with Crippen LogP contribution in [0.3, 0.4) is 0 Å². The van der Waals surface area contributed by atoms with E-state index in [4.69, 9.17) is 4.74 Å². The molecule has 0 aliphatic heterocycles. The molecule has 3 N–H and O–H groups in total. The van der Waals surface area contributed by atoms with Gasteiger partial charge in [0.25, 0.3) is 0 Å². The molecule has 0 saturated heterocycles. The number of nitrogens with one attached hydrogen (secondary N) is 1. The van der Waals surface area contributed by atoms with Crippen molar-refractivity contribution in [3.05, 3.63) is 48.6 Å². The van der Waals surface area contributed by atoms with Crippen molar-refractivity contribution in [1.29, 1.82) is 0 Å². The lowest BCUT2D eigenvalue weighted by molar-refractivity contribution is -0.151. The summed E-state index contributed by atoms with van der Waals surface area (Å²) >= 11 is 0. The van der Waals surface area contributed by atoms with Gasteiger partial charge in [-0.2, -0.15) is 0 Å². The Kier molecular flexibility index (Phi) is 52.0. The first-order valence-corrected chi connectivity index (χ1v) is 28.9. The first-order chi connectivity index (χ1) is 32.5. The van der Waals surface area contributed by atoms with E-state index >= 15 is 0 Å². The lowest BCUT2D eigenvalue weighted by atomic mass is 10.0. The maximum absolute atomic E-state index is 13.3. The molecule has 3 atom stereocenters. The Balaban J connectivity index is 4.62. The summed E-state index contributed by atoms with van der Waals surface area (Å²) in [6, 6.07) is -0.715. The van der Waals surface area contributed by atoms with Gasteiger partial charge in [-0.15, -0.1) is 0 Å². The Morgan fingerprint density at radius 3 is 1.21 bits per heavy atom. The number of amides is 1. The van der Waals surface area contributed by atoms with Crippen LogP contribution in [0.1, 0.15) is 297 Å². The maximum atomic E-state index is 13.3. The minimum atomic E-state index is -0.799. The SMILES string of the molecule is CCCCCCC/C=C/C=C/C=C/CCCCCC(CC(=O)NC(CO)C(O)CCCCCCCCCCCCCCCCC)OC(=O)CCCCCCC/C=C/CCCCCCCCC. The summed E-state index contributed by atoms with van der Waals surface area (Å²) in [5, 5.41) is 23.9. The fourth-order valence-electron chi connectivity index (χ4n) is 8.78. The zero-order chi connectivity index (χ0) is 48.1. The number of allylic oxidation sites excluding steroid dienone is 8. The van der Waals surface area contributed by atoms with Gasteiger partial charge in [0.2, 0.25) is 5.91 Å². The van der Waals surface area contributed by atoms with E-state index in [0.29, 0.717) is 19.3 Å². The number of ether oxygens (including phenoxy) is 1. The Labute approximate surface area is 410 Å². The molecule has 0 aromatic rings. The van der Waals surface area contributed by atoms with Crippen LogP contribution >= 0.6 is 0 Å². The molecule has 0 radical (unpaired) electrons. The number of rotatable bonds is 52. The Hall–Kier alpha value is -2.18. The van der Waals surface area contributed by atoms with Crippen LogP contribution in [0.4, 0.5) is 0 Å². The van der Waals surface area contributed by atoms with Crippen LogP contribution in [-0.2, 0) is 14.3 Å². The van der Waals surface area contributed by atoms with Gasteiger partial charge in [0, 0.05) is 6.42 Å². The number of carbonyl (C=O) groups is 2. The average Bonchev–Trinajstić information content (AvgIpc) is 3.31. The van der Waals surface area contributed by atoms with Crippen LogP contribution in [0.25, 0.3) is 0 Å². The third kappa shape index (κ3) is 48.3. The number of aliphatic hydroxyl groups is 2. The van der Waals surface area contributed by atoms with Gasteiger partial charge in [0.15, 0.2) is 0 Å². The van der Waals surface area contributed by atoms with Crippen LogP contribution in [0, 0.1) is 0 Å². The van der Waals surface area contributed by atoms with Gasteiger partial charge in [-0.25, -0.2) is 0 Å². The van der Waals surface area contributed by atoms with Crippen molar-refractivity contribution in [2.45, 2.75) is 315 Å². The Morgan fingerprint density at radius 1 is 0.439 bits per heavy atom. The van der Waals surface area contributed by atoms with Crippen LogP contribution in [-0.4, -0.2) is 46.9 Å². The van der Waals surface area contributed by atoms with Crippen molar-refractivity contribution < 1.29 is 24.5 Å². The third-order valence-corrected chi connectivity index (χ3v) is 13.2. The van der Waals surface area contributed by atoms with E-state index in [0.717, 1.165) is 77.0 Å². The predicted molar refractivity (Wildman–Crippen MR) is 287 cm³/mol. The third-order valence-electron chi connectivity index (χ3n) is 13.2. The molecule has 6 heteroatoms. The Bertz CT molecular complexity index is 1130. The number of esters is 1. The van der Waals surface area contributed by atoms with E-state index in [1.165, 1.54) is 173 Å². The number of carbonyl (C=O) groups excluding carboxylic acids is 2. The molecule has 0 aromatic heterocycles. The number of aliphatic hydroxyl groups excluding tert-OH is 2. The van der Waals surface area contributed by atoms with Gasteiger partial charge in [-0.1, -0.05) is 256 Å². The summed E-state index contributed by atoms with van der Waals surface area (Å²) in [5.74, 6) is -0.507. The van der Waals surface area contributed by atoms with Crippen molar-refractivity contribution in [1.82, 2.24) is 5.32 Å². The summed E-state index contributed by atoms with van der Waals surface area (Å²) in [5.41, 5.74) is 0. The highest BCUT2D eigenvalue weighted by Gasteiger charge is 2.24. The van der Waals surface area contributed by atoms with Gasteiger partial charge < -0.3 is 20.3 Å². The minimum Gasteiger partial charge on any atom is -0.462 e. The summed E-state index contributed by atoms with van der Waals surface area (Å²) in [4.78, 5) is 26.3. The first-order valence-electron chi connectivity index (χ1n) is 28.9. The van der Waals surface area contributed by atoms with Crippen LogP contribution in [0.15, 0.2) is 48.6 Å². The van der Waals surface area contributed by atoms with Crippen molar-refractivity contribution >= 4 is 11.9 Å². The van der Waals surface area contributed by atoms with E-state index in [-0.39, 0.29) is 24.9 Å². The predicted octanol–water partition coefficient (Wildman–Crippen LogP) is 17.8. The average molecular weight is 927 g/mol. The molecule has 0 aliphatic rings. The van der Waals surface area contributed by atoms with Gasteiger partial charge in [-0.05, 0) is 77.0 Å². The van der Waals surface area contributed by atoms with E-state index in [2.05, 4.69) is 74.7 Å². The lowest BCUT2D eigenvalue weighted by Gasteiger charge is -2.24. The number of hydrogen-bond donors (Lipinski definition) is 3. The summed E-state index contributed by atoms with van der Waals surface area (Å²) in [6.07, 6.45) is 66.0. The summed E-state index contributed by atoms with van der Waals surface area (Å²) in [7, 11) is 0. The second kappa shape index (κ2) is 53.8. The fraction of sp³-hybridized carbons (Fsp3) is 0.833. The fourth-order valence-corrected chi connectivity index (χ4v) is 8.78. The molecule has 0 rings (SSSR count). The minimum absolute atomic E-state index is 0.0529. The molecule has 0 bridgehead atoms. The Morgan fingerprint density at radius 2 is 0.788 bits per heavy atom. The van der Waals surface area contributed by atoms with Gasteiger partial charge in [0.05, 0.1) is 25.2 Å². The van der Waals surface area contributed by atoms with E-state index in [1.54, 1.807) is 0 Å². The molecule has 0 aliphatic carbocycles. The molecule has 0 saturated carbocycles. The highest BCUT2D eigenvalue weighted by atomic mass is 16.5. The van der Waals surface area contributed by atoms with Crippen LogP contribution in [0.2, 0.25) is 0 Å². The van der Waals surface area contributed by atoms with Crippen molar-refractivity contribution in [2.24, 2.45) is 0 Å². The van der Waals surface area contributed by atoms with Crippen molar-refractivity contribution in [3.63, 3.8) is 0 Å². The van der Waals surface area contributed by atoms with E-state index < -0.39 is 18.2 Å². The number of hydrogen-bond acceptors (Lipinski definition) is 5. The molecule has 6 nitrogen and oxygen atoms in total. The molecule has 66 heavy (non-hydrogen) atoms. The van der Waals surface area contributed by atoms with Gasteiger partial charge >= 0.3 is 5.97 Å². The standard InChI is InChI=1S/C60H111NO5/c1-4-7-10-13-16-19-22-25-28-31-33-36-39-42-45-48-51-56(66-60(65)53-50-47-44-41-38-35-32-29-26-23-20-17-14-11-8-5-2)54-59(64)61-57(55-62)58(63)52-49-46-43-40-37-34-30-27-24-21-18-15-12-9-6-3/h22,25,28-29,31-33,36,56-58,62-63H,4-21,23-24,26-27,30,34-35,37-55H2,1-3H3,(H,61,64)/b25-22+,31-28+,32-29+,36-33+. The van der Waals surface area contributed by atoms with Gasteiger partial charge in [-0.3, -0.25) is 9.59 Å². The molecule has 0 spiro atoms. The van der Waals surface area contributed by atoms with Crippen LogP contribution < -0.4 is 5.32 Å². The highest BCUT2D eigenvalue weighted by Crippen LogP contribution is 2.18.